The van der Waals surface area contributed by atoms with Gasteiger partial charge < -0.3 is 10.0 Å². The van der Waals surface area contributed by atoms with Crippen molar-refractivity contribution in [2.45, 2.75) is 19.8 Å². The van der Waals surface area contributed by atoms with Gasteiger partial charge in [-0.2, -0.15) is 0 Å². The molecule has 1 aliphatic heterocycles. The van der Waals surface area contributed by atoms with Crippen molar-refractivity contribution in [1.29, 1.82) is 0 Å². The molecule has 0 radical (unpaired) electrons. The predicted octanol–water partition coefficient (Wildman–Crippen LogP) is 2.89. The van der Waals surface area contributed by atoms with E-state index in [0.29, 0.717) is 37.2 Å². The first-order chi connectivity index (χ1) is 11.0. The average Bonchev–Trinajstić information content (AvgIpc) is 2.55. The molecule has 2 aromatic rings. The molecule has 5 nitrogen and oxygen atoms in total. The Labute approximate surface area is 133 Å². The molecule has 1 saturated heterocycles. The van der Waals surface area contributed by atoms with Gasteiger partial charge in [0.15, 0.2) is 5.82 Å². The molecule has 0 aliphatic carbocycles. The van der Waals surface area contributed by atoms with Crippen molar-refractivity contribution < 1.29 is 14.3 Å². The van der Waals surface area contributed by atoms with Crippen LogP contribution in [-0.2, 0) is 4.79 Å². The summed E-state index contributed by atoms with van der Waals surface area (Å²) < 4.78 is 13.3. The smallest absolute Gasteiger partial charge is 0.306 e. The molecule has 2 heterocycles. The van der Waals surface area contributed by atoms with E-state index >= 15 is 0 Å². The van der Waals surface area contributed by atoms with Crippen molar-refractivity contribution in [3.8, 4) is 11.3 Å². The number of hydrogen-bond acceptors (Lipinski definition) is 4. The highest BCUT2D eigenvalue weighted by Crippen LogP contribution is 2.26. The van der Waals surface area contributed by atoms with E-state index in [4.69, 9.17) is 5.11 Å². The van der Waals surface area contributed by atoms with E-state index in [1.165, 1.54) is 12.1 Å². The van der Waals surface area contributed by atoms with Crippen molar-refractivity contribution in [3.63, 3.8) is 0 Å². The van der Waals surface area contributed by atoms with Crippen LogP contribution in [0.4, 0.5) is 10.2 Å². The lowest BCUT2D eigenvalue weighted by atomic mass is 9.97. The fraction of sp³-hybridized carbons (Fsp3) is 0.353. The van der Waals surface area contributed by atoms with Gasteiger partial charge in [-0.1, -0.05) is 12.1 Å². The van der Waals surface area contributed by atoms with Crippen LogP contribution in [0.5, 0.6) is 0 Å². The number of aromatic nitrogens is 2. The topological polar surface area (TPSA) is 66.3 Å². The van der Waals surface area contributed by atoms with Gasteiger partial charge in [0.2, 0.25) is 0 Å². The Kier molecular flexibility index (Phi) is 4.23. The van der Waals surface area contributed by atoms with E-state index < -0.39 is 5.97 Å². The van der Waals surface area contributed by atoms with E-state index in [-0.39, 0.29) is 11.7 Å². The number of benzene rings is 1. The minimum absolute atomic E-state index is 0.272. The zero-order valence-corrected chi connectivity index (χ0v) is 12.9. The zero-order chi connectivity index (χ0) is 16.4. The fourth-order valence-electron chi connectivity index (χ4n) is 2.92. The minimum atomic E-state index is -0.728. The zero-order valence-electron chi connectivity index (χ0n) is 12.9. The Balaban J connectivity index is 1.79. The summed E-state index contributed by atoms with van der Waals surface area (Å²) in [7, 11) is 0. The van der Waals surface area contributed by atoms with Crippen molar-refractivity contribution in [3.05, 3.63) is 41.7 Å². The van der Waals surface area contributed by atoms with Crippen LogP contribution in [0, 0.1) is 18.7 Å². The quantitative estimate of drug-likeness (QED) is 0.943. The van der Waals surface area contributed by atoms with Gasteiger partial charge in [0.1, 0.15) is 5.82 Å². The van der Waals surface area contributed by atoms with E-state index in [1.54, 1.807) is 12.1 Å². The van der Waals surface area contributed by atoms with Gasteiger partial charge in [0.05, 0.1) is 11.6 Å². The third-order valence-corrected chi connectivity index (χ3v) is 4.22. The van der Waals surface area contributed by atoms with Crippen LogP contribution in [0.1, 0.15) is 18.4 Å². The summed E-state index contributed by atoms with van der Waals surface area (Å²) in [6.07, 6.45) is 1.23. The number of carbonyl (C=O) groups is 1. The number of anilines is 1. The van der Waals surface area contributed by atoms with Crippen LogP contribution in [0.2, 0.25) is 0 Å². The summed E-state index contributed by atoms with van der Waals surface area (Å²) in [4.78, 5) is 13.1. The maximum atomic E-state index is 13.3. The number of carboxylic acids is 1. The van der Waals surface area contributed by atoms with Gasteiger partial charge in [-0.3, -0.25) is 4.79 Å². The molecule has 1 aromatic carbocycles. The number of hydrogen-bond donors (Lipinski definition) is 1. The second kappa shape index (κ2) is 6.32. The Morgan fingerprint density at radius 1 is 1.26 bits per heavy atom. The molecule has 0 bridgehead atoms. The second-order valence-electron chi connectivity index (χ2n) is 5.85. The molecular weight excluding hydrogens is 297 g/mol. The Morgan fingerprint density at radius 3 is 2.61 bits per heavy atom. The van der Waals surface area contributed by atoms with Gasteiger partial charge in [-0.15, -0.1) is 10.2 Å². The third-order valence-electron chi connectivity index (χ3n) is 4.22. The van der Waals surface area contributed by atoms with Crippen molar-refractivity contribution in [2.75, 3.05) is 18.0 Å². The molecule has 1 N–H and O–H groups in total. The van der Waals surface area contributed by atoms with Crippen LogP contribution < -0.4 is 4.90 Å². The largest absolute Gasteiger partial charge is 0.481 e. The molecule has 1 fully saturated rings. The lowest BCUT2D eigenvalue weighted by Gasteiger charge is -2.31. The summed E-state index contributed by atoms with van der Waals surface area (Å²) in [6, 6.07) is 8.16. The molecular formula is C17H18FN3O2. The first-order valence-corrected chi connectivity index (χ1v) is 7.62. The van der Waals surface area contributed by atoms with E-state index in [0.717, 1.165) is 11.4 Å². The molecule has 23 heavy (non-hydrogen) atoms. The van der Waals surface area contributed by atoms with Gasteiger partial charge in [-0.05, 0) is 43.5 Å². The lowest BCUT2D eigenvalue weighted by Crippen LogP contribution is -2.37. The molecule has 0 spiro atoms. The minimum Gasteiger partial charge on any atom is -0.481 e. The standard InChI is InChI=1S/C17H18FN3O2/c1-11-9-15(13-3-2-4-14(18)10-13)19-20-16(11)21-7-5-12(6-8-21)17(22)23/h2-4,9-10,12H,5-8H2,1H3,(H,22,23). The molecule has 1 aromatic heterocycles. The Bertz CT molecular complexity index is 728. The number of carboxylic acid groups (broad SMARTS) is 1. The number of rotatable bonds is 3. The van der Waals surface area contributed by atoms with E-state index in [1.807, 2.05) is 13.0 Å². The molecule has 0 unspecified atom stereocenters. The maximum Gasteiger partial charge on any atom is 0.306 e. The maximum absolute atomic E-state index is 13.3. The highest BCUT2D eigenvalue weighted by molar-refractivity contribution is 5.70. The van der Waals surface area contributed by atoms with Gasteiger partial charge >= 0.3 is 5.97 Å². The normalized spacial score (nSPS) is 15.7. The number of piperidine rings is 1. The SMILES string of the molecule is Cc1cc(-c2cccc(F)c2)nnc1N1CCC(C(=O)O)CC1. The highest BCUT2D eigenvalue weighted by atomic mass is 19.1. The van der Waals surface area contributed by atoms with Crippen LogP contribution in [0.3, 0.4) is 0 Å². The molecule has 1 aliphatic rings. The summed E-state index contributed by atoms with van der Waals surface area (Å²) in [5, 5.41) is 17.5. The highest BCUT2D eigenvalue weighted by Gasteiger charge is 2.26. The summed E-state index contributed by atoms with van der Waals surface area (Å²) in [6.45, 7) is 3.26. The van der Waals surface area contributed by atoms with Crippen molar-refractivity contribution in [2.24, 2.45) is 5.92 Å². The number of nitrogens with zero attached hydrogens (tertiary/aromatic N) is 3. The Morgan fingerprint density at radius 2 is 2.00 bits per heavy atom. The molecule has 0 saturated carbocycles. The Hall–Kier alpha value is -2.50. The van der Waals surface area contributed by atoms with Crippen LogP contribution in [0.15, 0.2) is 30.3 Å². The van der Waals surface area contributed by atoms with E-state index in [2.05, 4.69) is 15.1 Å². The fourth-order valence-corrected chi connectivity index (χ4v) is 2.92. The summed E-state index contributed by atoms with van der Waals surface area (Å²) in [5.74, 6) is -0.532. The van der Waals surface area contributed by atoms with E-state index in [9.17, 15) is 9.18 Å². The van der Waals surface area contributed by atoms with Crippen molar-refractivity contribution >= 4 is 11.8 Å². The summed E-state index contributed by atoms with van der Waals surface area (Å²) >= 11 is 0. The molecule has 0 atom stereocenters. The number of aryl methyl sites for hydroxylation is 1. The first-order valence-electron chi connectivity index (χ1n) is 7.62. The summed E-state index contributed by atoms with van der Waals surface area (Å²) in [5.41, 5.74) is 2.27. The van der Waals surface area contributed by atoms with Crippen LogP contribution in [0.25, 0.3) is 11.3 Å². The third kappa shape index (κ3) is 3.31. The molecule has 3 rings (SSSR count). The predicted molar refractivity (Wildman–Crippen MR) is 84.7 cm³/mol. The van der Waals surface area contributed by atoms with Gasteiger partial charge in [0, 0.05) is 18.7 Å². The van der Waals surface area contributed by atoms with Crippen LogP contribution >= 0.6 is 0 Å². The molecule has 6 heteroatoms. The number of halogens is 1. The molecule has 0 amide bonds. The number of aliphatic carboxylic acids is 1. The van der Waals surface area contributed by atoms with Gasteiger partial charge in [0.25, 0.3) is 0 Å². The monoisotopic (exact) mass is 315 g/mol. The second-order valence-corrected chi connectivity index (χ2v) is 5.85. The molecule has 120 valence electrons. The van der Waals surface area contributed by atoms with Crippen molar-refractivity contribution in [1.82, 2.24) is 10.2 Å². The first kappa shape index (κ1) is 15.4. The lowest BCUT2D eigenvalue weighted by molar-refractivity contribution is -0.142. The average molecular weight is 315 g/mol. The van der Waals surface area contributed by atoms with Gasteiger partial charge in [-0.25, -0.2) is 4.39 Å². The van der Waals surface area contributed by atoms with Crippen LogP contribution in [-0.4, -0.2) is 34.4 Å².